The first-order valence-electron chi connectivity index (χ1n) is 6.57. The Morgan fingerprint density at radius 3 is 2.58 bits per heavy atom. The number of hydrogen-bond donors (Lipinski definition) is 0. The van der Waals surface area contributed by atoms with E-state index in [0.717, 1.165) is 24.4 Å². The number of amides is 1. The van der Waals surface area contributed by atoms with Crippen LogP contribution in [-0.4, -0.2) is 36.8 Å². The molecule has 1 aliphatic heterocycles. The Morgan fingerprint density at radius 2 is 2.00 bits per heavy atom. The lowest BCUT2D eigenvalue weighted by atomic mass is 10.0. The topological polar surface area (TPSA) is 46.4 Å². The van der Waals surface area contributed by atoms with E-state index >= 15 is 0 Å². The first-order chi connectivity index (χ1) is 9.11. The summed E-state index contributed by atoms with van der Waals surface area (Å²) in [7, 11) is 1.61. The predicted octanol–water partition coefficient (Wildman–Crippen LogP) is 2.20. The lowest BCUT2D eigenvalue weighted by Gasteiger charge is -2.07. The van der Waals surface area contributed by atoms with Gasteiger partial charge in [0.2, 0.25) is 5.91 Å². The molecule has 4 nitrogen and oxygen atoms in total. The van der Waals surface area contributed by atoms with Crippen LogP contribution in [-0.2, 0) is 4.79 Å². The molecule has 1 heterocycles. The first kappa shape index (κ1) is 13.6. The number of carbonyl (C=O) groups excluding carboxylic acids is 2. The Bertz CT molecular complexity index is 492. The number of ketones is 1. The number of methoxy groups -OCH3 is 1. The number of nitrogens with zero attached hydrogens (tertiary/aromatic N) is 1. The molecule has 0 radical (unpaired) electrons. The van der Waals surface area contributed by atoms with Crippen molar-refractivity contribution in [2.75, 3.05) is 20.2 Å². The molecule has 19 heavy (non-hydrogen) atoms. The highest BCUT2D eigenvalue weighted by Crippen LogP contribution is 2.20. The van der Waals surface area contributed by atoms with Gasteiger partial charge in [-0.2, -0.15) is 0 Å². The summed E-state index contributed by atoms with van der Waals surface area (Å²) < 4.78 is 5.16. The van der Waals surface area contributed by atoms with Gasteiger partial charge in [0.05, 0.1) is 7.11 Å². The van der Waals surface area contributed by atoms with E-state index < -0.39 is 0 Å². The zero-order chi connectivity index (χ0) is 13.8. The van der Waals surface area contributed by atoms with Gasteiger partial charge in [-0.05, 0) is 37.1 Å². The molecule has 2 rings (SSSR count). The number of aryl methyl sites for hydroxylation is 1. The van der Waals surface area contributed by atoms with Gasteiger partial charge < -0.3 is 9.64 Å². The van der Waals surface area contributed by atoms with Crippen LogP contribution in [0.3, 0.4) is 0 Å². The maximum absolute atomic E-state index is 12.0. The van der Waals surface area contributed by atoms with Crippen LogP contribution in [0.5, 0.6) is 5.75 Å². The average molecular weight is 261 g/mol. The molecule has 0 aliphatic carbocycles. The summed E-state index contributed by atoms with van der Waals surface area (Å²) >= 11 is 0. The van der Waals surface area contributed by atoms with Crippen molar-refractivity contribution in [3.8, 4) is 5.75 Å². The number of ether oxygens (including phenoxy) is 1. The van der Waals surface area contributed by atoms with E-state index in [1.165, 1.54) is 0 Å². The molecule has 0 atom stereocenters. The minimum Gasteiger partial charge on any atom is -0.496 e. The summed E-state index contributed by atoms with van der Waals surface area (Å²) in [5, 5.41) is 0. The van der Waals surface area contributed by atoms with E-state index in [2.05, 4.69) is 0 Å². The smallest absolute Gasteiger partial charge is 0.222 e. The fourth-order valence-electron chi connectivity index (χ4n) is 2.05. The summed E-state index contributed by atoms with van der Waals surface area (Å²) in [5.41, 5.74) is 1.64. The van der Waals surface area contributed by atoms with E-state index in [1.807, 2.05) is 19.1 Å². The number of benzene rings is 1. The third kappa shape index (κ3) is 3.56. The van der Waals surface area contributed by atoms with E-state index in [0.29, 0.717) is 24.8 Å². The van der Waals surface area contributed by atoms with Crippen LogP contribution in [0.15, 0.2) is 18.2 Å². The van der Waals surface area contributed by atoms with Crippen LogP contribution < -0.4 is 4.74 Å². The van der Waals surface area contributed by atoms with Crippen molar-refractivity contribution < 1.29 is 14.3 Å². The molecular formula is C15H19NO3. The van der Waals surface area contributed by atoms with Crippen LogP contribution in [0.1, 0.15) is 35.2 Å². The Morgan fingerprint density at radius 1 is 1.26 bits per heavy atom. The van der Waals surface area contributed by atoms with Gasteiger partial charge in [0.1, 0.15) is 5.75 Å². The molecule has 0 N–H and O–H groups in total. The minimum atomic E-state index is 0.0874. The monoisotopic (exact) mass is 261 g/mol. The van der Waals surface area contributed by atoms with E-state index in [9.17, 15) is 9.59 Å². The highest BCUT2D eigenvalue weighted by molar-refractivity contribution is 5.96. The molecule has 1 amide bonds. The van der Waals surface area contributed by atoms with Crippen LogP contribution in [0.25, 0.3) is 0 Å². The molecule has 1 saturated heterocycles. The molecule has 0 spiro atoms. The molecule has 1 aliphatic rings. The zero-order valence-electron chi connectivity index (χ0n) is 11.4. The standard InChI is InChI=1S/C15H19NO3/c1-11-10-12(6-7-14(11)19-2)13(17)4-3-5-15(18)16-8-9-16/h6-7,10H,3-5,8-9H2,1-2H3. The summed E-state index contributed by atoms with van der Waals surface area (Å²) in [6.07, 6.45) is 1.52. The Kier molecular flexibility index (Phi) is 4.20. The van der Waals surface area contributed by atoms with Crippen molar-refractivity contribution in [2.24, 2.45) is 0 Å². The maximum atomic E-state index is 12.0. The first-order valence-corrected chi connectivity index (χ1v) is 6.57. The zero-order valence-corrected chi connectivity index (χ0v) is 11.4. The number of hydrogen-bond acceptors (Lipinski definition) is 3. The van der Waals surface area contributed by atoms with Crippen molar-refractivity contribution >= 4 is 11.7 Å². The largest absolute Gasteiger partial charge is 0.496 e. The SMILES string of the molecule is COc1ccc(C(=O)CCCC(=O)N2CC2)cc1C. The number of Topliss-reactive ketones (excluding diaryl/α,β-unsaturated/α-hetero) is 1. The lowest BCUT2D eigenvalue weighted by molar-refractivity contribution is -0.125. The molecule has 4 heteroatoms. The molecule has 1 fully saturated rings. The van der Waals surface area contributed by atoms with Crippen LogP contribution >= 0.6 is 0 Å². The maximum Gasteiger partial charge on any atom is 0.222 e. The molecular weight excluding hydrogens is 242 g/mol. The molecule has 0 saturated carbocycles. The van der Waals surface area contributed by atoms with E-state index in [4.69, 9.17) is 4.74 Å². The second-order valence-electron chi connectivity index (χ2n) is 4.84. The number of rotatable bonds is 6. The molecule has 0 unspecified atom stereocenters. The summed E-state index contributed by atoms with van der Waals surface area (Å²) in [5.74, 6) is 1.04. The van der Waals surface area contributed by atoms with Gasteiger partial charge in [0.15, 0.2) is 5.78 Å². The average Bonchev–Trinajstić information content (AvgIpc) is 3.22. The van der Waals surface area contributed by atoms with Crippen molar-refractivity contribution in [2.45, 2.75) is 26.2 Å². The van der Waals surface area contributed by atoms with Crippen molar-refractivity contribution in [3.63, 3.8) is 0 Å². The van der Waals surface area contributed by atoms with Crippen LogP contribution in [0.2, 0.25) is 0 Å². The Hall–Kier alpha value is -1.84. The molecule has 102 valence electrons. The summed E-state index contributed by atoms with van der Waals surface area (Å²) in [6.45, 7) is 3.68. The molecule has 1 aromatic carbocycles. The summed E-state index contributed by atoms with van der Waals surface area (Å²) in [4.78, 5) is 25.3. The molecule has 0 aromatic heterocycles. The van der Waals surface area contributed by atoms with Crippen LogP contribution in [0, 0.1) is 6.92 Å². The molecule has 0 bridgehead atoms. The van der Waals surface area contributed by atoms with E-state index in [-0.39, 0.29) is 11.7 Å². The Labute approximate surface area is 113 Å². The minimum absolute atomic E-state index is 0.0874. The van der Waals surface area contributed by atoms with Gasteiger partial charge in [-0.15, -0.1) is 0 Å². The molecule has 1 aromatic rings. The second kappa shape index (κ2) is 5.87. The van der Waals surface area contributed by atoms with E-state index in [1.54, 1.807) is 18.1 Å². The van der Waals surface area contributed by atoms with Gasteiger partial charge in [-0.1, -0.05) is 0 Å². The quantitative estimate of drug-likeness (QED) is 0.582. The highest BCUT2D eigenvalue weighted by Gasteiger charge is 2.23. The Balaban J connectivity index is 1.85. The number of carbonyl (C=O) groups is 2. The summed E-state index contributed by atoms with van der Waals surface area (Å²) in [6, 6.07) is 5.43. The fraction of sp³-hybridized carbons (Fsp3) is 0.467. The van der Waals surface area contributed by atoms with Gasteiger partial charge >= 0.3 is 0 Å². The van der Waals surface area contributed by atoms with Gasteiger partial charge in [0, 0.05) is 31.5 Å². The van der Waals surface area contributed by atoms with Crippen molar-refractivity contribution in [3.05, 3.63) is 29.3 Å². The third-order valence-electron chi connectivity index (χ3n) is 3.31. The highest BCUT2D eigenvalue weighted by atomic mass is 16.5. The normalized spacial score (nSPS) is 13.3. The second-order valence-corrected chi connectivity index (χ2v) is 4.84. The van der Waals surface area contributed by atoms with Gasteiger partial charge in [-0.25, -0.2) is 0 Å². The lowest BCUT2D eigenvalue weighted by Crippen LogP contribution is -2.10. The van der Waals surface area contributed by atoms with Gasteiger partial charge in [-0.3, -0.25) is 9.59 Å². The fourth-order valence-corrected chi connectivity index (χ4v) is 2.05. The van der Waals surface area contributed by atoms with Crippen molar-refractivity contribution in [1.29, 1.82) is 0 Å². The van der Waals surface area contributed by atoms with Crippen molar-refractivity contribution in [1.82, 2.24) is 4.90 Å². The van der Waals surface area contributed by atoms with Gasteiger partial charge in [0.25, 0.3) is 0 Å². The third-order valence-corrected chi connectivity index (χ3v) is 3.31. The predicted molar refractivity (Wildman–Crippen MR) is 72.5 cm³/mol. The van der Waals surface area contributed by atoms with Crippen LogP contribution in [0.4, 0.5) is 0 Å².